The fourth-order valence-electron chi connectivity index (χ4n) is 2.21. The number of hydrogen-bond donors (Lipinski definition) is 1. The maximum absolute atomic E-state index is 13.2. The van der Waals surface area contributed by atoms with Gasteiger partial charge >= 0.3 is 6.18 Å². The highest BCUT2D eigenvalue weighted by Gasteiger charge is 2.31. The first-order chi connectivity index (χ1) is 12.7. The molecule has 0 unspecified atom stereocenters. The van der Waals surface area contributed by atoms with E-state index in [1.54, 1.807) is 6.07 Å². The minimum Gasteiger partial charge on any atom is -0.321 e. The Morgan fingerprint density at radius 3 is 2.37 bits per heavy atom. The lowest BCUT2D eigenvalue weighted by Gasteiger charge is -2.11. The van der Waals surface area contributed by atoms with Gasteiger partial charge in [0, 0.05) is 18.0 Å². The van der Waals surface area contributed by atoms with Gasteiger partial charge in [0.25, 0.3) is 5.91 Å². The third-order valence-corrected chi connectivity index (χ3v) is 3.87. The molecule has 0 fully saturated rings. The molecule has 138 valence electrons. The number of nitrogens with one attached hydrogen (secondary N) is 1. The summed E-state index contributed by atoms with van der Waals surface area (Å²) in [5, 5.41) is 2.25. The molecule has 1 amide bonds. The lowest BCUT2D eigenvalue weighted by molar-refractivity contribution is -0.137. The van der Waals surface area contributed by atoms with Gasteiger partial charge in [-0.2, -0.15) is 13.2 Å². The van der Waals surface area contributed by atoms with Crippen molar-refractivity contribution in [1.82, 2.24) is 9.97 Å². The van der Waals surface area contributed by atoms with Gasteiger partial charge in [-0.1, -0.05) is 23.7 Å². The van der Waals surface area contributed by atoms with E-state index in [9.17, 15) is 22.4 Å². The third kappa shape index (κ3) is 4.40. The summed E-state index contributed by atoms with van der Waals surface area (Å²) in [6.45, 7) is 0. The molecular weight excluding hydrogens is 386 g/mol. The lowest BCUT2D eigenvalue weighted by Crippen LogP contribution is -2.14. The van der Waals surface area contributed by atoms with Crippen molar-refractivity contribution in [1.29, 1.82) is 0 Å². The van der Waals surface area contributed by atoms with Gasteiger partial charge in [-0.05, 0) is 30.3 Å². The van der Waals surface area contributed by atoms with E-state index in [0.717, 1.165) is 18.2 Å². The molecule has 1 N–H and O–H groups in total. The number of carbonyl (C=O) groups excluding carboxylic acids is 1. The second-order valence-corrected chi connectivity index (χ2v) is 5.86. The Morgan fingerprint density at radius 1 is 1.04 bits per heavy atom. The molecule has 9 heteroatoms. The minimum absolute atomic E-state index is 0.00336. The zero-order valence-electron chi connectivity index (χ0n) is 13.4. The summed E-state index contributed by atoms with van der Waals surface area (Å²) in [6.07, 6.45) is -2.20. The molecule has 0 saturated heterocycles. The third-order valence-electron chi connectivity index (χ3n) is 3.54. The molecule has 3 rings (SSSR count). The molecule has 0 saturated carbocycles. The molecular formula is C18H10ClF4N3O. The number of aromatic nitrogens is 2. The molecule has 0 aliphatic heterocycles. The average molecular weight is 396 g/mol. The zero-order chi connectivity index (χ0) is 19.6. The standard InChI is InChI=1S/C18H10ClF4N3O/c19-14-5-4-12(18(21,22)23)7-15(14)26-17(27)11-8-24-16(25-9-11)10-2-1-3-13(20)6-10/h1-9H,(H,26,27). The van der Waals surface area contributed by atoms with E-state index in [4.69, 9.17) is 11.6 Å². The molecule has 0 aliphatic carbocycles. The first-order valence-electron chi connectivity index (χ1n) is 7.50. The second-order valence-electron chi connectivity index (χ2n) is 5.45. The zero-order valence-corrected chi connectivity index (χ0v) is 14.1. The molecule has 0 radical (unpaired) electrons. The van der Waals surface area contributed by atoms with Crippen LogP contribution in [0.4, 0.5) is 23.2 Å². The number of rotatable bonds is 3. The van der Waals surface area contributed by atoms with Crippen LogP contribution in [0.3, 0.4) is 0 Å². The maximum atomic E-state index is 13.2. The molecule has 0 aliphatic rings. The summed E-state index contributed by atoms with van der Waals surface area (Å²) >= 11 is 5.85. The van der Waals surface area contributed by atoms with E-state index in [0.29, 0.717) is 5.56 Å². The van der Waals surface area contributed by atoms with Crippen molar-refractivity contribution in [3.63, 3.8) is 0 Å². The Labute approximate surface area is 155 Å². The molecule has 2 aromatic carbocycles. The molecule has 27 heavy (non-hydrogen) atoms. The van der Waals surface area contributed by atoms with Gasteiger partial charge in [-0.25, -0.2) is 14.4 Å². The van der Waals surface area contributed by atoms with Crippen LogP contribution in [-0.4, -0.2) is 15.9 Å². The number of carbonyl (C=O) groups is 1. The molecule has 0 spiro atoms. The number of halogens is 5. The van der Waals surface area contributed by atoms with Crippen molar-refractivity contribution in [2.75, 3.05) is 5.32 Å². The van der Waals surface area contributed by atoms with Crippen molar-refractivity contribution in [2.45, 2.75) is 6.18 Å². The summed E-state index contributed by atoms with van der Waals surface area (Å²) in [6, 6.07) is 8.19. The Hall–Kier alpha value is -3.00. The largest absolute Gasteiger partial charge is 0.416 e. The lowest BCUT2D eigenvalue weighted by atomic mass is 10.2. The summed E-state index contributed by atoms with van der Waals surface area (Å²) in [4.78, 5) is 20.2. The van der Waals surface area contributed by atoms with Crippen molar-refractivity contribution in [2.24, 2.45) is 0 Å². The van der Waals surface area contributed by atoms with Crippen molar-refractivity contribution in [3.05, 3.63) is 76.8 Å². The van der Waals surface area contributed by atoms with E-state index in [2.05, 4.69) is 15.3 Å². The number of nitrogens with zero attached hydrogens (tertiary/aromatic N) is 2. The van der Waals surface area contributed by atoms with Crippen LogP contribution < -0.4 is 5.32 Å². The number of alkyl halides is 3. The van der Waals surface area contributed by atoms with Gasteiger partial charge < -0.3 is 5.32 Å². The van der Waals surface area contributed by atoms with Gasteiger partial charge in [0.1, 0.15) is 5.82 Å². The van der Waals surface area contributed by atoms with Crippen LogP contribution in [0.15, 0.2) is 54.9 Å². The Morgan fingerprint density at radius 2 is 1.74 bits per heavy atom. The fraction of sp³-hybridized carbons (Fsp3) is 0.0556. The van der Waals surface area contributed by atoms with Crippen LogP contribution in [-0.2, 0) is 6.18 Å². The maximum Gasteiger partial charge on any atom is 0.416 e. The first-order valence-corrected chi connectivity index (χ1v) is 7.88. The monoisotopic (exact) mass is 395 g/mol. The average Bonchev–Trinajstić information content (AvgIpc) is 2.62. The highest BCUT2D eigenvalue weighted by Crippen LogP contribution is 2.34. The van der Waals surface area contributed by atoms with Gasteiger partial charge in [-0.3, -0.25) is 4.79 Å². The van der Waals surface area contributed by atoms with E-state index in [1.165, 1.54) is 30.6 Å². The van der Waals surface area contributed by atoms with Crippen LogP contribution in [0.25, 0.3) is 11.4 Å². The predicted molar refractivity (Wildman–Crippen MR) is 91.8 cm³/mol. The quantitative estimate of drug-likeness (QED) is 0.619. The van der Waals surface area contributed by atoms with Crippen LogP contribution in [0.2, 0.25) is 5.02 Å². The summed E-state index contributed by atoms with van der Waals surface area (Å²) in [5.41, 5.74) is -0.711. The van der Waals surface area contributed by atoms with Crippen LogP contribution in [0.5, 0.6) is 0 Å². The van der Waals surface area contributed by atoms with Crippen molar-refractivity contribution >= 4 is 23.2 Å². The van der Waals surface area contributed by atoms with E-state index in [-0.39, 0.29) is 22.1 Å². The number of hydrogen-bond acceptors (Lipinski definition) is 3. The van der Waals surface area contributed by atoms with Crippen molar-refractivity contribution < 1.29 is 22.4 Å². The molecule has 1 aromatic heterocycles. The number of benzene rings is 2. The fourth-order valence-corrected chi connectivity index (χ4v) is 2.38. The van der Waals surface area contributed by atoms with Crippen molar-refractivity contribution in [3.8, 4) is 11.4 Å². The van der Waals surface area contributed by atoms with Crippen LogP contribution in [0.1, 0.15) is 15.9 Å². The molecule has 1 heterocycles. The summed E-state index contributed by atoms with van der Waals surface area (Å²) in [5.74, 6) is -0.998. The van der Waals surface area contributed by atoms with E-state index < -0.39 is 23.5 Å². The Balaban J connectivity index is 1.81. The molecule has 0 atom stereocenters. The van der Waals surface area contributed by atoms with Crippen LogP contribution in [0, 0.1) is 5.82 Å². The SMILES string of the molecule is O=C(Nc1cc(C(F)(F)F)ccc1Cl)c1cnc(-c2cccc(F)c2)nc1. The van der Waals surface area contributed by atoms with Gasteiger partial charge in [0.15, 0.2) is 5.82 Å². The molecule has 4 nitrogen and oxygen atoms in total. The minimum atomic E-state index is -4.57. The Bertz CT molecular complexity index is 991. The highest BCUT2D eigenvalue weighted by atomic mass is 35.5. The topological polar surface area (TPSA) is 54.9 Å². The molecule has 3 aromatic rings. The number of anilines is 1. The smallest absolute Gasteiger partial charge is 0.321 e. The second kappa shape index (κ2) is 7.32. The Kier molecular flexibility index (Phi) is 5.09. The normalized spacial score (nSPS) is 11.3. The predicted octanol–water partition coefficient (Wildman–Crippen LogP) is 5.21. The number of amides is 1. The highest BCUT2D eigenvalue weighted by molar-refractivity contribution is 6.34. The van der Waals surface area contributed by atoms with E-state index in [1.807, 2.05) is 0 Å². The summed E-state index contributed by atoms with van der Waals surface area (Å²) < 4.78 is 51.6. The van der Waals surface area contributed by atoms with Gasteiger partial charge in [-0.15, -0.1) is 0 Å². The van der Waals surface area contributed by atoms with Gasteiger partial charge in [0.05, 0.1) is 21.8 Å². The van der Waals surface area contributed by atoms with Crippen LogP contribution >= 0.6 is 11.6 Å². The molecule has 0 bridgehead atoms. The van der Waals surface area contributed by atoms with E-state index >= 15 is 0 Å². The van der Waals surface area contributed by atoms with Gasteiger partial charge in [0.2, 0.25) is 0 Å². The first kappa shape index (κ1) is 18.8. The summed E-state index contributed by atoms with van der Waals surface area (Å²) in [7, 11) is 0.